The van der Waals surface area contributed by atoms with Gasteiger partial charge in [0.25, 0.3) is 5.91 Å². The van der Waals surface area contributed by atoms with E-state index in [2.05, 4.69) is 15.3 Å². The van der Waals surface area contributed by atoms with Gasteiger partial charge in [-0.25, -0.2) is 19.2 Å². The number of anilines is 1. The van der Waals surface area contributed by atoms with Crippen molar-refractivity contribution >= 4 is 17.6 Å². The summed E-state index contributed by atoms with van der Waals surface area (Å²) < 4.78 is 56.0. The first-order chi connectivity index (χ1) is 14.4. The summed E-state index contributed by atoms with van der Waals surface area (Å²) in [5.41, 5.74) is -0.530. The maximum atomic E-state index is 14.7. The number of pyridine rings is 2. The van der Waals surface area contributed by atoms with Gasteiger partial charge in [-0.05, 0) is 43.7 Å². The minimum atomic E-state index is -4.65. The van der Waals surface area contributed by atoms with E-state index in [1.165, 1.54) is 44.3 Å². The Morgan fingerprint density at radius 3 is 2.45 bits per heavy atom. The summed E-state index contributed by atoms with van der Waals surface area (Å²) in [6, 6.07) is 5.48. The molecule has 0 saturated heterocycles. The highest BCUT2D eigenvalue weighted by Crippen LogP contribution is 2.46. The highest BCUT2D eigenvalue weighted by atomic mass is 19.3. The molecule has 7 nitrogen and oxygen atoms in total. The van der Waals surface area contributed by atoms with Crippen LogP contribution in [-0.4, -0.2) is 39.7 Å². The van der Waals surface area contributed by atoms with Gasteiger partial charge in [0.15, 0.2) is 5.60 Å². The van der Waals surface area contributed by atoms with Gasteiger partial charge in [-0.1, -0.05) is 6.92 Å². The van der Waals surface area contributed by atoms with Gasteiger partial charge in [-0.15, -0.1) is 0 Å². The molecular weight excluding hydrogens is 420 g/mol. The number of hydrogen-bond acceptors (Lipinski definition) is 5. The fraction of sp³-hybridized carbons (Fsp3) is 0.400. The Balaban J connectivity index is 2.42. The number of aromatic nitrogens is 2. The van der Waals surface area contributed by atoms with Gasteiger partial charge in [0.05, 0.1) is 5.56 Å². The van der Waals surface area contributed by atoms with Crippen LogP contribution in [0.1, 0.15) is 48.3 Å². The Bertz CT molecular complexity index is 943. The molecule has 0 bridgehead atoms. The summed E-state index contributed by atoms with van der Waals surface area (Å²) in [6.45, 7) is 4.81. The molecule has 2 aromatic rings. The van der Waals surface area contributed by atoms with Gasteiger partial charge in [0, 0.05) is 30.9 Å². The number of halogens is 4. The maximum absolute atomic E-state index is 14.7. The van der Waals surface area contributed by atoms with Crippen LogP contribution < -0.4 is 10.8 Å². The molecule has 31 heavy (non-hydrogen) atoms. The lowest BCUT2D eigenvalue weighted by molar-refractivity contribution is -0.274. The van der Waals surface area contributed by atoms with Crippen LogP contribution in [0.4, 0.5) is 23.4 Å². The van der Waals surface area contributed by atoms with E-state index >= 15 is 0 Å². The number of hydrogen-bond donors (Lipinski definition) is 2. The van der Waals surface area contributed by atoms with Crippen molar-refractivity contribution in [2.24, 2.45) is 0 Å². The van der Waals surface area contributed by atoms with Crippen LogP contribution in [0, 0.1) is 6.92 Å². The number of alkyl halides is 4. The van der Waals surface area contributed by atoms with Crippen LogP contribution in [-0.2, 0) is 9.63 Å². The Hall–Kier alpha value is -3.08. The molecule has 168 valence electrons. The van der Waals surface area contributed by atoms with Gasteiger partial charge in [0.1, 0.15) is 5.82 Å². The van der Waals surface area contributed by atoms with E-state index in [9.17, 15) is 27.2 Å². The predicted molar refractivity (Wildman–Crippen MR) is 104 cm³/mol. The summed E-state index contributed by atoms with van der Waals surface area (Å²) in [5, 5.41) is 2.42. The van der Waals surface area contributed by atoms with E-state index < -0.39 is 35.7 Å². The summed E-state index contributed by atoms with van der Waals surface area (Å²) >= 11 is 0. The Morgan fingerprint density at radius 1 is 1.23 bits per heavy atom. The molecule has 2 aromatic heterocycles. The predicted octanol–water partition coefficient (Wildman–Crippen LogP) is 3.87. The minimum absolute atomic E-state index is 0.00873. The van der Waals surface area contributed by atoms with Gasteiger partial charge < -0.3 is 5.32 Å². The van der Waals surface area contributed by atoms with Gasteiger partial charge in [0.2, 0.25) is 5.91 Å². The molecule has 0 aliphatic heterocycles. The van der Waals surface area contributed by atoms with Crippen molar-refractivity contribution < 1.29 is 32.0 Å². The van der Waals surface area contributed by atoms with E-state index in [4.69, 9.17) is 4.84 Å². The molecule has 0 radical (unpaired) electrons. The lowest BCUT2D eigenvalue weighted by atomic mass is 9.80. The second-order valence-electron chi connectivity index (χ2n) is 7.14. The summed E-state index contributed by atoms with van der Waals surface area (Å²) in [6.07, 6.45) is -1.52. The molecule has 2 atom stereocenters. The van der Waals surface area contributed by atoms with Crippen LogP contribution in [0.3, 0.4) is 0 Å². The average Bonchev–Trinajstić information content (AvgIpc) is 2.70. The SMILES string of the molecule is CC(=O)Nc1cc(C(C)C(C)(ONC(=O)c2cccnc2)C(F)(F)C(F)F)cc(C)n1. The number of rotatable bonds is 8. The number of nitrogens with zero attached hydrogens (tertiary/aromatic N) is 2. The third-order valence-corrected chi connectivity index (χ3v) is 4.82. The summed E-state index contributed by atoms with van der Waals surface area (Å²) in [7, 11) is 0. The normalized spacial score (nSPS) is 14.6. The molecule has 0 aliphatic rings. The maximum Gasteiger partial charge on any atom is 0.338 e. The number of carbonyl (C=O) groups excluding carboxylic acids is 2. The highest BCUT2D eigenvalue weighted by molar-refractivity contribution is 5.93. The number of hydroxylamine groups is 1. The van der Waals surface area contributed by atoms with Crippen molar-refractivity contribution in [3.8, 4) is 0 Å². The molecule has 2 amide bonds. The van der Waals surface area contributed by atoms with E-state index in [1.54, 1.807) is 6.92 Å². The van der Waals surface area contributed by atoms with Crippen molar-refractivity contribution in [2.45, 2.75) is 51.6 Å². The van der Waals surface area contributed by atoms with Crippen molar-refractivity contribution in [3.05, 3.63) is 53.5 Å². The topological polar surface area (TPSA) is 93.2 Å². The fourth-order valence-electron chi connectivity index (χ4n) is 2.88. The van der Waals surface area contributed by atoms with Crippen LogP contribution in [0.25, 0.3) is 0 Å². The molecule has 0 fully saturated rings. The largest absolute Gasteiger partial charge is 0.338 e. The first-order valence-electron chi connectivity index (χ1n) is 9.19. The third kappa shape index (κ3) is 5.35. The quantitative estimate of drug-likeness (QED) is 0.478. The number of nitrogens with one attached hydrogen (secondary N) is 2. The van der Waals surface area contributed by atoms with Gasteiger partial charge in [-0.2, -0.15) is 8.78 Å². The minimum Gasteiger partial charge on any atom is -0.311 e. The van der Waals surface area contributed by atoms with Gasteiger partial charge in [-0.3, -0.25) is 19.4 Å². The molecule has 0 aliphatic carbocycles. The van der Waals surface area contributed by atoms with Crippen molar-refractivity contribution in [3.63, 3.8) is 0 Å². The van der Waals surface area contributed by atoms with Gasteiger partial charge >= 0.3 is 12.3 Å². The average molecular weight is 442 g/mol. The lowest BCUT2D eigenvalue weighted by Crippen LogP contribution is -2.58. The molecule has 2 heterocycles. The van der Waals surface area contributed by atoms with Crippen molar-refractivity contribution in [1.29, 1.82) is 0 Å². The van der Waals surface area contributed by atoms with Crippen molar-refractivity contribution in [1.82, 2.24) is 15.4 Å². The standard InChI is InChI=1S/C20H22F4N4O3/c1-11-8-15(9-16(26-11)27-13(3)29)12(2)19(4,20(23,24)18(21)22)31-28-17(30)14-6-5-7-25-10-14/h5-10,12,18H,1-4H3,(H,28,30)(H,26,27,29). The van der Waals surface area contributed by atoms with E-state index in [0.29, 0.717) is 5.69 Å². The van der Waals surface area contributed by atoms with Crippen LogP contribution in [0.2, 0.25) is 0 Å². The zero-order chi connectivity index (χ0) is 23.4. The molecule has 0 saturated carbocycles. The van der Waals surface area contributed by atoms with Crippen LogP contribution in [0.5, 0.6) is 0 Å². The summed E-state index contributed by atoms with van der Waals surface area (Å²) in [4.78, 5) is 36.3. The molecule has 0 aromatic carbocycles. The smallest absolute Gasteiger partial charge is 0.311 e. The Kier molecular flexibility index (Phi) is 7.32. The van der Waals surface area contributed by atoms with Crippen LogP contribution in [0.15, 0.2) is 36.7 Å². The first kappa shape index (κ1) is 24.2. The van der Waals surface area contributed by atoms with Crippen LogP contribution >= 0.6 is 0 Å². The highest BCUT2D eigenvalue weighted by Gasteiger charge is 2.62. The van der Waals surface area contributed by atoms with E-state index in [-0.39, 0.29) is 16.9 Å². The van der Waals surface area contributed by atoms with Crippen molar-refractivity contribution in [2.75, 3.05) is 5.32 Å². The molecule has 0 spiro atoms. The Labute approximate surface area is 176 Å². The van der Waals surface area contributed by atoms with E-state index in [0.717, 1.165) is 13.1 Å². The van der Waals surface area contributed by atoms with E-state index in [1.807, 2.05) is 5.48 Å². The fourth-order valence-corrected chi connectivity index (χ4v) is 2.88. The number of carbonyl (C=O) groups is 2. The zero-order valence-electron chi connectivity index (χ0n) is 17.2. The molecule has 2 rings (SSSR count). The third-order valence-electron chi connectivity index (χ3n) is 4.82. The molecule has 11 heteroatoms. The monoisotopic (exact) mass is 442 g/mol. The molecular formula is C20H22F4N4O3. The number of amides is 2. The first-order valence-corrected chi connectivity index (χ1v) is 9.19. The zero-order valence-corrected chi connectivity index (χ0v) is 17.2. The second kappa shape index (κ2) is 9.38. The summed E-state index contributed by atoms with van der Waals surface area (Å²) in [5.74, 6) is -7.32. The molecule has 2 N–H and O–H groups in total. The second-order valence-corrected chi connectivity index (χ2v) is 7.14. The lowest BCUT2D eigenvalue weighted by Gasteiger charge is -2.40. The molecule has 2 unspecified atom stereocenters. The number of aryl methyl sites for hydroxylation is 1. The Morgan fingerprint density at radius 2 is 1.90 bits per heavy atom.